The average Bonchev–Trinajstić information content (AvgIpc) is 2.99. The molecule has 0 saturated carbocycles. The fourth-order valence-electron chi connectivity index (χ4n) is 4.09. The van der Waals surface area contributed by atoms with Crippen molar-refractivity contribution in [3.05, 3.63) is 29.5 Å². The van der Waals surface area contributed by atoms with Gasteiger partial charge in [-0.25, -0.2) is 12.8 Å². The van der Waals surface area contributed by atoms with E-state index in [1.807, 2.05) is 20.8 Å². The second-order valence-corrected chi connectivity index (χ2v) is 15.1. The van der Waals surface area contributed by atoms with Crippen LogP contribution in [-0.2, 0) is 31.1 Å². The van der Waals surface area contributed by atoms with Crippen molar-refractivity contribution in [3.8, 4) is 11.6 Å². The molecule has 13 heteroatoms. The molecule has 3 rings (SSSR count). The standard InChI is InChI=1S/C24H36FN4O6PS/c1-23(2,3)10-12-29-20(24(4,5)6)19(30)18(22(29)31)21-26-16-9-8-15(28-37(7,33)34)14-17(16)36(32,27-21)35-13-11-25/h8-9,14,28,30-31H,10-13H2,1-7H3,(H,26,27,32). The zero-order valence-electron chi connectivity index (χ0n) is 22.2. The van der Waals surface area contributed by atoms with Crippen LogP contribution < -0.4 is 15.3 Å². The number of aromatic hydroxyl groups is 2. The third kappa shape index (κ3) is 6.48. The smallest absolute Gasteiger partial charge is 0.348 e. The molecular formula is C24H36FN4O6PS. The second kappa shape index (κ2) is 9.96. The van der Waals surface area contributed by atoms with E-state index >= 15 is 0 Å². The minimum atomic E-state index is -4.14. The highest BCUT2D eigenvalue weighted by Crippen LogP contribution is 2.54. The van der Waals surface area contributed by atoms with Crippen LogP contribution in [0.3, 0.4) is 0 Å². The molecule has 1 unspecified atom stereocenters. The highest BCUT2D eigenvalue weighted by atomic mass is 32.2. The molecule has 0 radical (unpaired) electrons. The van der Waals surface area contributed by atoms with E-state index in [9.17, 15) is 27.6 Å². The van der Waals surface area contributed by atoms with E-state index in [0.717, 1.165) is 6.26 Å². The van der Waals surface area contributed by atoms with E-state index in [4.69, 9.17) is 4.52 Å². The number of sulfonamides is 1. The van der Waals surface area contributed by atoms with Crippen molar-refractivity contribution in [1.82, 2.24) is 4.57 Å². The molecule has 206 valence electrons. The van der Waals surface area contributed by atoms with E-state index in [0.29, 0.717) is 18.7 Å². The van der Waals surface area contributed by atoms with E-state index < -0.39 is 36.2 Å². The quantitative estimate of drug-likeness (QED) is 0.345. The summed E-state index contributed by atoms with van der Waals surface area (Å²) in [5.74, 6) is -0.580. The maximum atomic E-state index is 13.9. The number of nitrogens with zero attached hydrogens (tertiary/aromatic N) is 2. The second-order valence-electron chi connectivity index (χ2n) is 11.3. The van der Waals surface area contributed by atoms with Crippen LogP contribution in [-0.4, -0.2) is 48.6 Å². The number of nitrogens with one attached hydrogen (secondary N) is 2. The molecule has 37 heavy (non-hydrogen) atoms. The number of aromatic nitrogens is 1. The molecule has 0 saturated heterocycles. The fourth-order valence-corrected chi connectivity index (χ4v) is 6.42. The average molecular weight is 559 g/mol. The Kier molecular flexibility index (Phi) is 7.81. The molecule has 2 heterocycles. The lowest BCUT2D eigenvalue weighted by Crippen LogP contribution is -2.26. The Bertz CT molecular complexity index is 1370. The number of benzene rings is 1. The van der Waals surface area contributed by atoms with E-state index in [-0.39, 0.29) is 45.1 Å². The minimum Gasteiger partial charge on any atom is -0.505 e. The monoisotopic (exact) mass is 558 g/mol. The summed E-state index contributed by atoms with van der Waals surface area (Å²) < 4.78 is 63.8. The third-order valence-corrected chi connectivity index (χ3v) is 8.26. The van der Waals surface area contributed by atoms with Gasteiger partial charge >= 0.3 is 7.52 Å². The summed E-state index contributed by atoms with van der Waals surface area (Å²) >= 11 is 0. The fraction of sp³-hybridized carbons (Fsp3) is 0.542. The van der Waals surface area contributed by atoms with Gasteiger partial charge in [-0.2, -0.15) is 4.76 Å². The van der Waals surface area contributed by atoms with Gasteiger partial charge < -0.3 is 24.6 Å². The number of fused-ring (bicyclic) bond motifs is 1. The van der Waals surface area contributed by atoms with Gasteiger partial charge in [0, 0.05) is 17.6 Å². The Labute approximate surface area is 217 Å². The summed E-state index contributed by atoms with van der Waals surface area (Å²) in [4.78, 5) is 0. The Morgan fingerprint density at radius 3 is 2.38 bits per heavy atom. The number of amidine groups is 1. The highest BCUT2D eigenvalue weighted by Gasteiger charge is 2.39. The summed E-state index contributed by atoms with van der Waals surface area (Å²) in [7, 11) is -7.76. The van der Waals surface area contributed by atoms with Gasteiger partial charge in [0.05, 0.1) is 29.5 Å². The normalized spacial score (nSPS) is 18.2. The maximum absolute atomic E-state index is 13.9. The molecule has 2 aromatic rings. The molecule has 0 fully saturated rings. The lowest BCUT2D eigenvalue weighted by atomic mass is 9.89. The first-order valence-corrected chi connectivity index (χ1v) is 15.3. The predicted octanol–water partition coefficient (Wildman–Crippen LogP) is 4.68. The molecule has 10 nitrogen and oxygen atoms in total. The molecule has 0 aliphatic carbocycles. The highest BCUT2D eigenvalue weighted by molar-refractivity contribution is 7.92. The first-order valence-electron chi connectivity index (χ1n) is 11.8. The van der Waals surface area contributed by atoms with Crippen molar-refractivity contribution in [2.75, 3.05) is 29.6 Å². The van der Waals surface area contributed by atoms with E-state index in [1.165, 1.54) is 18.2 Å². The molecular weight excluding hydrogens is 522 g/mol. The van der Waals surface area contributed by atoms with Gasteiger partial charge in [-0.3, -0.25) is 9.29 Å². The van der Waals surface area contributed by atoms with Gasteiger partial charge in [0.2, 0.25) is 15.9 Å². The van der Waals surface area contributed by atoms with Gasteiger partial charge in [-0.15, -0.1) is 0 Å². The first kappa shape index (κ1) is 29.0. The lowest BCUT2D eigenvalue weighted by molar-refractivity contribution is 0.278. The van der Waals surface area contributed by atoms with Gasteiger partial charge in [0.25, 0.3) is 0 Å². The van der Waals surface area contributed by atoms with Crippen LogP contribution in [0.4, 0.5) is 15.8 Å². The van der Waals surface area contributed by atoms with Gasteiger partial charge in [0.15, 0.2) is 11.6 Å². The maximum Gasteiger partial charge on any atom is 0.348 e. The number of hydrogen-bond donors (Lipinski definition) is 4. The zero-order chi connectivity index (χ0) is 28.0. The molecule has 1 aliphatic rings. The van der Waals surface area contributed by atoms with Crippen molar-refractivity contribution in [2.24, 2.45) is 10.2 Å². The molecule has 0 amide bonds. The van der Waals surface area contributed by atoms with Gasteiger partial charge in [-0.05, 0) is 30.0 Å². The molecule has 4 N–H and O–H groups in total. The molecule has 0 spiro atoms. The first-order chi connectivity index (χ1) is 16.9. The third-order valence-electron chi connectivity index (χ3n) is 5.68. The zero-order valence-corrected chi connectivity index (χ0v) is 23.9. The van der Waals surface area contributed by atoms with Crippen LogP contribution in [0.5, 0.6) is 11.6 Å². The van der Waals surface area contributed by atoms with Crippen LogP contribution in [0.15, 0.2) is 23.0 Å². The molecule has 1 aromatic carbocycles. The number of anilines is 2. The van der Waals surface area contributed by atoms with Crippen molar-refractivity contribution in [2.45, 2.75) is 59.9 Å². The largest absolute Gasteiger partial charge is 0.505 e. The van der Waals surface area contributed by atoms with E-state index in [1.54, 1.807) is 4.57 Å². The molecule has 1 aliphatic heterocycles. The van der Waals surface area contributed by atoms with Gasteiger partial charge in [-0.1, -0.05) is 41.5 Å². The summed E-state index contributed by atoms with van der Waals surface area (Å²) in [6, 6.07) is 4.22. The van der Waals surface area contributed by atoms with E-state index in [2.05, 4.69) is 35.6 Å². The lowest BCUT2D eigenvalue weighted by Gasteiger charge is -2.25. The number of halogens is 1. The van der Waals surface area contributed by atoms with Crippen molar-refractivity contribution in [1.29, 1.82) is 0 Å². The Morgan fingerprint density at radius 2 is 1.84 bits per heavy atom. The molecule has 0 bridgehead atoms. The van der Waals surface area contributed by atoms with Crippen LogP contribution in [0, 0.1) is 5.41 Å². The Morgan fingerprint density at radius 1 is 1.19 bits per heavy atom. The van der Waals surface area contributed by atoms with Crippen LogP contribution in [0.2, 0.25) is 0 Å². The molecule has 1 atom stereocenters. The number of alkyl halides is 1. The molecule has 1 aromatic heterocycles. The Hall–Kier alpha value is -2.56. The van der Waals surface area contributed by atoms with Crippen LogP contribution >= 0.6 is 7.52 Å². The van der Waals surface area contributed by atoms with Crippen molar-refractivity contribution < 1.29 is 32.1 Å². The Balaban J connectivity index is 2.20. The summed E-state index contributed by atoms with van der Waals surface area (Å²) in [5, 5.41) is 25.6. The summed E-state index contributed by atoms with van der Waals surface area (Å²) in [6.07, 6.45) is 1.68. The van der Waals surface area contributed by atoms with Crippen molar-refractivity contribution in [3.63, 3.8) is 0 Å². The summed E-state index contributed by atoms with van der Waals surface area (Å²) in [5.41, 5.74) is 0.198. The van der Waals surface area contributed by atoms with Crippen LogP contribution in [0.25, 0.3) is 0 Å². The minimum absolute atomic E-state index is 0.0283. The number of rotatable bonds is 8. The SMILES string of the molecule is CC(C)(C)CCn1c(O)c(C2=NP(=O)(OCCF)c3cc(NS(C)(=O)=O)ccc3N2)c(O)c1C(C)(C)C. The van der Waals surface area contributed by atoms with Crippen molar-refractivity contribution >= 4 is 40.1 Å². The van der Waals surface area contributed by atoms with Gasteiger partial charge in [0.1, 0.15) is 12.2 Å². The predicted molar refractivity (Wildman–Crippen MR) is 145 cm³/mol. The van der Waals surface area contributed by atoms with Crippen LogP contribution in [0.1, 0.15) is 59.2 Å². The topological polar surface area (TPSA) is 142 Å². The number of hydrogen-bond acceptors (Lipinski definition) is 7. The summed E-state index contributed by atoms with van der Waals surface area (Å²) in [6.45, 7) is 10.9.